The van der Waals surface area contributed by atoms with Crippen molar-refractivity contribution in [1.29, 1.82) is 0 Å². The summed E-state index contributed by atoms with van der Waals surface area (Å²) in [6.45, 7) is 25.3. The summed E-state index contributed by atoms with van der Waals surface area (Å²) in [7, 11) is -3.91. The van der Waals surface area contributed by atoms with E-state index in [9.17, 15) is 5.11 Å². The Morgan fingerprint density at radius 2 is 1.28 bits per heavy atom. The molecule has 0 saturated heterocycles. The predicted molar refractivity (Wildman–Crippen MR) is 129 cm³/mol. The van der Waals surface area contributed by atoms with E-state index in [1.54, 1.807) is 0 Å². The number of aliphatic hydroxyl groups is 1. The largest absolute Gasteiger partial charge is 0.413 e. The van der Waals surface area contributed by atoms with Crippen molar-refractivity contribution in [1.82, 2.24) is 0 Å². The molecule has 1 fully saturated rings. The lowest BCUT2D eigenvalue weighted by Gasteiger charge is -2.59. The lowest BCUT2D eigenvalue weighted by molar-refractivity contribution is -0.209. The van der Waals surface area contributed by atoms with E-state index in [0.29, 0.717) is 6.42 Å². The van der Waals surface area contributed by atoms with E-state index in [-0.39, 0.29) is 27.7 Å². The summed E-state index contributed by atoms with van der Waals surface area (Å²) in [6, 6.07) is 0. The molecule has 1 N–H and O–H groups in total. The number of hydrogen-bond acceptors (Lipinski definition) is 3. The Labute approximate surface area is 182 Å². The Balaban J connectivity index is 2.41. The number of allylic oxidation sites excluding steroid dienone is 1. The molecule has 0 aromatic rings. The number of rotatable bonds is 4. The van der Waals surface area contributed by atoms with Crippen molar-refractivity contribution in [2.75, 3.05) is 0 Å². The lowest BCUT2D eigenvalue weighted by Crippen LogP contribution is -2.67. The van der Waals surface area contributed by atoms with Crippen LogP contribution in [0.25, 0.3) is 0 Å². The van der Waals surface area contributed by atoms with E-state index in [4.69, 9.17) is 8.85 Å². The molecule has 0 heterocycles. The van der Waals surface area contributed by atoms with Crippen molar-refractivity contribution in [3.63, 3.8) is 0 Å². The minimum Gasteiger partial charge on any atom is -0.413 e. The van der Waals surface area contributed by atoms with Gasteiger partial charge in [0.05, 0.1) is 12.2 Å². The molecule has 170 valence electrons. The third-order valence-corrected chi connectivity index (χ3v) is 17.8. The first-order chi connectivity index (χ1) is 12.9. The Bertz CT molecular complexity index is 615. The Morgan fingerprint density at radius 1 is 0.828 bits per heavy atom. The fourth-order valence-corrected chi connectivity index (χ4v) is 7.24. The van der Waals surface area contributed by atoms with E-state index >= 15 is 0 Å². The molecule has 0 aromatic carbocycles. The van der Waals surface area contributed by atoms with Gasteiger partial charge in [-0.1, -0.05) is 60.6 Å². The monoisotopic (exact) mass is 440 g/mol. The Kier molecular flexibility index (Phi) is 6.88. The molecule has 0 unspecified atom stereocenters. The molecular weight excluding hydrogens is 392 g/mol. The highest BCUT2D eigenvalue weighted by Gasteiger charge is 2.61. The fourth-order valence-electron chi connectivity index (χ4n) is 4.42. The highest BCUT2D eigenvalue weighted by molar-refractivity contribution is 6.74. The maximum Gasteiger partial charge on any atom is 0.192 e. The normalized spacial score (nSPS) is 34.6. The quantitative estimate of drug-likeness (QED) is 0.376. The van der Waals surface area contributed by atoms with Crippen LogP contribution in [0.4, 0.5) is 0 Å². The van der Waals surface area contributed by atoms with E-state index in [1.807, 2.05) is 0 Å². The van der Waals surface area contributed by atoms with Crippen LogP contribution < -0.4 is 0 Å². The SMILES string of the molecule is CC(C)(C)[Si](C)(C)O[C@H]1CC[C@@H](O[Si](C)(C)C(C)(C)C)[C@@]2(C)CCC=CC[C@]12O. The minimum atomic E-state index is -1.98. The second kappa shape index (κ2) is 7.88. The van der Waals surface area contributed by atoms with Crippen molar-refractivity contribution >= 4 is 16.6 Å². The first-order valence-electron chi connectivity index (χ1n) is 11.6. The lowest BCUT2D eigenvalue weighted by atomic mass is 9.59. The molecule has 2 aliphatic rings. The zero-order valence-electron chi connectivity index (χ0n) is 21.1. The predicted octanol–water partition coefficient (Wildman–Crippen LogP) is 7.04. The van der Waals surface area contributed by atoms with E-state index in [2.05, 4.69) is 86.8 Å². The van der Waals surface area contributed by atoms with Crippen LogP contribution in [0, 0.1) is 5.41 Å². The molecule has 0 radical (unpaired) electrons. The summed E-state index contributed by atoms with van der Waals surface area (Å²) in [5.41, 5.74) is -1.17. The molecule has 2 rings (SSSR count). The van der Waals surface area contributed by atoms with E-state index in [0.717, 1.165) is 25.7 Å². The van der Waals surface area contributed by atoms with Crippen molar-refractivity contribution in [3.8, 4) is 0 Å². The van der Waals surface area contributed by atoms with Crippen LogP contribution in [0.5, 0.6) is 0 Å². The smallest absolute Gasteiger partial charge is 0.192 e. The van der Waals surface area contributed by atoms with Gasteiger partial charge in [-0.15, -0.1) is 0 Å². The number of fused-ring (bicyclic) bond motifs is 1. The van der Waals surface area contributed by atoms with Gasteiger partial charge in [-0.25, -0.2) is 0 Å². The summed E-state index contributed by atoms with van der Waals surface area (Å²) >= 11 is 0. The van der Waals surface area contributed by atoms with Gasteiger partial charge in [0.25, 0.3) is 0 Å². The first kappa shape index (κ1) is 25.3. The molecule has 0 amide bonds. The molecule has 29 heavy (non-hydrogen) atoms. The maximum absolute atomic E-state index is 12.3. The van der Waals surface area contributed by atoms with Gasteiger partial charge in [0.1, 0.15) is 5.60 Å². The standard InChI is InChI=1S/C24H48O3Si2/c1-21(2,3)28(8,9)26-19-15-16-20(27-29(10,11)22(4,5)6)24(25)18-14-12-13-17-23(19,24)7/h12,14,19-20,25H,13,15-18H2,1-11H3/t19-,20+,23-,24+/m1/s1. The average molecular weight is 441 g/mol. The fraction of sp³-hybridized carbons (Fsp3) is 0.917. The van der Waals surface area contributed by atoms with Crippen molar-refractivity contribution in [3.05, 3.63) is 12.2 Å². The van der Waals surface area contributed by atoms with Crippen LogP contribution in [0.3, 0.4) is 0 Å². The van der Waals surface area contributed by atoms with Crippen molar-refractivity contribution < 1.29 is 14.0 Å². The molecule has 4 atom stereocenters. The van der Waals surface area contributed by atoms with Crippen molar-refractivity contribution in [2.45, 2.75) is 135 Å². The van der Waals surface area contributed by atoms with Gasteiger partial charge in [-0.2, -0.15) is 0 Å². The van der Waals surface area contributed by atoms with Crippen LogP contribution in [-0.4, -0.2) is 39.6 Å². The molecule has 2 aliphatic carbocycles. The summed E-state index contributed by atoms with van der Waals surface area (Å²) in [5.74, 6) is 0. The van der Waals surface area contributed by atoms with Gasteiger partial charge in [0.2, 0.25) is 0 Å². The second-order valence-corrected chi connectivity index (χ2v) is 22.4. The molecule has 0 aliphatic heterocycles. The third kappa shape index (κ3) is 4.64. The van der Waals surface area contributed by atoms with Gasteiger partial charge < -0.3 is 14.0 Å². The molecule has 1 saturated carbocycles. The summed E-state index contributed by atoms with van der Waals surface area (Å²) < 4.78 is 13.9. The van der Waals surface area contributed by atoms with Crippen LogP contribution in [0.1, 0.15) is 80.6 Å². The first-order valence-corrected chi connectivity index (χ1v) is 17.4. The van der Waals surface area contributed by atoms with Crippen molar-refractivity contribution in [2.24, 2.45) is 5.41 Å². The summed E-state index contributed by atoms with van der Waals surface area (Å²) in [4.78, 5) is 0. The van der Waals surface area contributed by atoms with Crippen LogP contribution in [0.15, 0.2) is 12.2 Å². The van der Waals surface area contributed by atoms with Gasteiger partial charge in [0, 0.05) is 5.41 Å². The summed E-state index contributed by atoms with van der Waals surface area (Å²) in [5, 5.41) is 12.6. The maximum atomic E-state index is 12.3. The average Bonchev–Trinajstić information content (AvgIpc) is 2.68. The van der Waals surface area contributed by atoms with Gasteiger partial charge in [-0.05, 0) is 68.4 Å². The minimum absolute atomic E-state index is 0.0903. The van der Waals surface area contributed by atoms with Gasteiger partial charge >= 0.3 is 0 Å². The molecule has 0 aromatic heterocycles. The van der Waals surface area contributed by atoms with Crippen LogP contribution >= 0.6 is 0 Å². The third-order valence-electron chi connectivity index (χ3n) is 8.84. The molecular formula is C24H48O3Si2. The molecule has 0 bridgehead atoms. The van der Waals surface area contributed by atoms with Gasteiger partial charge in [0.15, 0.2) is 16.6 Å². The second-order valence-electron chi connectivity index (χ2n) is 12.9. The van der Waals surface area contributed by atoms with Crippen LogP contribution in [0.2, 0.25) is 36.3 Å². The molecule has 0 spiro atoms. The molecule has 3 nitrogen and oxygen atoms in total. The topological polar surface area (TPSA) is 38.7 Å². The Hall–Kier alpha value is 0.0538. The Morgan fingerprint density at radius 3 is 1.76 bits per heavy atom. The highest BCUT2D eigenvalue weighted by atomic mass is 28.4. The van der Waals surface area contributed by atoms with Crippen LogP contribution in [-0.2, 0) is 8.85 Å². The zero-order valence-corrected chi connectivity index (χ0v) is 23.1. The van der Waals surface area contributed by atoms with E-state index < -0.39 is 22.2 Å². The molecule has 5 heteroatoms. The number of hydrogen-bond donors (Lipinski definition) is 1. The van der Waals surface area contributed by atoms with Gasteiger partial charge in [-0.3, -0.25) is 0 Å². The summed E-state index contributed by atoms with van der Waals surface area (Å²) in [6.07, 6.45) is 8.88. The van der Waals surface area contributed by atoms with E-state index in [1.165, 1.54) is 0 Å². The highest BCUT2D eigenvalue weighted by Crippen LogP contribution is 2.55. The zero-order chi connectivity index (χ0) is 22.5.